The zero-order valence-electron chi connectivity index (χ0n) is 20.6. The molecule has 0 aliphatic carbocycles. The number of aromatic nitrogens is 1. The molecule has 0 saturated carbocycles. The second-order valence-corrected chi connectivity index (χ2v) is 8.63. The van der Waals surface area contributed by atoms with Crippen LogP contribution >= 0.6 is 0 Å². The molecule has 1 aromatic carbocycles. The van der Waals surface area contributed by atoms with Crippen LogP contribution in [0, 0.1) is 11.6 Å². The van der Waals surface area contributed by atoms with Gasteiger partial charge in [-0.05, 0) is 0 Å². The number of nitrogens with zero attached hydrogens (tertiary/aromatic N) is 3. The van der Waals surface area contributed by atoms with Crippen molar-refractivity contribution in [3.05, 3.63) is 59.4 Å². The molecule has 0 fully saturated rings. The standard InChI is InChI=1S/C24H33BF2N6O2/c1-5-6-12-33(4)13-11-21(25-35)24(2,32-23(28)29-3)18-14-17(8-9-19(18)27)31-22(34)20-10-7-16(26)15-30-20/h7-10,14-15,21H,5-6,11-13H2,1-4H3,(H,31,34)(H3,28,29,32)/t21-,24+/m0/s1. The summed E-state index contributed by atoms with van der Waals surface area (Å²) in [7, 11) is 4.25. The van der Waals surface area contributed by atoms with Gasteiger partial charge in [-0.25, -0.2) is 0 Å². The van der Waals surface area contributed by atoms with Crippen molar-refractivity contribution in [2.45, 2.75) is 44.5 Å². The molecule has 0 aliphatic rings. The molecule has 0 saturated heterocycles. The summed E-state index contributed by atoms with van der Waals surface area (Å²) in [5, 5.41) is 5.65. The Kier molecular flexibility index (Phi) is 10.4. The Balaban J connectivity index is 2.38. The van der Waals surface area contributed by atoms with E-state index in [4.69, 9.17) is 5.73 Å². The number of carbonyl (C=O) groups excluding carboxylic acids is 1. The van der Waals surface area contributed by atoms with Gasteiger partial charge >= 0.3 is 205 Å². The molecule has 0 unspecified atom stereocenters. The number of anilines is 1. The van der Waals surface area contributed by atoms with E-state index in [9.17, 15) is 13.9 Å². The number of hydrogen-bond acceptors (Lipinski definition) is 5. The molecule has 1 aromatic heterocycles. The number of carbonyl (C=O) groups is 1. The van der Waals surface area contributed by atoms with E-state index in [1.54, 1.807) is 6.92 Å². The third kappa shape index (κ3) is 7.64. The van der Waals surface area contributed by atoms with Gasteiger partial charge in [0.1, 0.15) is 0 Å². The number of rotatable bonds is 12. The van der Waals surface area contributed by atoms with E-state index >= 15 is 4.39 Å². The molecule has 2 aromatic rings. The molecule has 35 heavy (non-hydrogen) atoms. The first-order chi connectivity index (χ1) is 16.6. The summed E-state index contributed by atoms with van der Waals surface area (Å²) < 4.78 is 40.5. The van der Waals surface area contributed by atoms with Crippen molar-refractivity contribution in [3.8, 4) is 0 Å². The molecule has 4 N–H and O–H groups in total. The molecule has 2 rings (SSSR count). The van der Waals surface area contributed by atoms with Gasteiger partial charge in [-0.2, -0.15) is 0 Å². The maximum atomic E-state index is 15.2. The summed E-state index contributed by atoms with van der Waals surface area (Å²) in [5.41, 5.74) is 5.12. The average Bonchev–Trinajstić information content (AvgIpc) is 2.84. The molecule has 0 aliphatic heterocycles. The van der Waals surface area contributed by atoms with Gasteiger partial charge < -0.3 is 0 Å². The molecule has 0 radical (unpaired) electrons. The van der Waals surface area contributed by atoms with E-state index in [1.807, 2.05) is 7.05 Å². The summed E-state index contributed by atoms with van der Waals surface area (Å²) in [4.78, 5) is 22.4. The van der Waals surface area contributed by atoms with Crippen LogP contribution in [-0.4, -0.2) is 56.1 Å². The normalized spacial score (nSPS) is 14.2. The van der Waals surface area contributed by atoms with Crippen LogP contribution in [0.1, 0.15) is 49.2 Å². The van der Waals surface area contributed by atoms with Crippen molar-refractivity contribution >= 4 is 24.7 Å². The minimum absolute atomic E-state index is 0.00130. The zero-order chi connectivity index (χ0) is 26.0. The van der Waals surface area contributed by atoms with E-state index in [-0.39, 0.29) is 22.9 Å². The SMILES string of the molecule is CCCCN(C)CC[C@H](B=O)[C@](C)(NC(N)=NC)c1cc(NC(=O)c2ccc(F)cn2)ccc1F. The number of halogens is 2. The van der Waals surface area contributed by atoms with Gasteiger partial charge in [-0.15, -0.1) is 0 Å². The van der Waals surface area contributed by atoms with Crippen molar-refractivity contribution < 1.29 is 18.3 Å². The predicted molar refractivity (Wildman–Crippen MR) is 134 cm³/mol. The van der Waals surface area contributed by atoms with Crippen molar-refractivity contribution in [3.63, 3.8) is 0 Å². The first-order valence-electron chi connectivity index (χ1n) is 11.5. The number of unbranched alkanes of at least 4 members (excludes halogenated alkanes) is 1. The summed E-state index contributed by atoms with van der Waals surface area (Å²) in [6.07, 6.45) is 3.47. The van der Waals surface area contributed by atoms with Gasteiger partial charge in [0.2, 0.25) is 0 Å². The van der Waals surface area contributed by atoms with Crippen molar-refractivity contribution in [1.29, 1.82) is 0 Å². The van der Waals surface area contributed by atoms with Crippen LogP contribution in [0.5, 0.6) is 0 Å². The van der Waals surface area contributed by atoms with Crippen LogP contribution in [0.15, 0.2) is 41.5 Å². The molecule has 0 bridgehead atoms. The van der Waals surface area contributed by atoms with Crippen LogP contribution in [0.3, 0.4) is 0 Å². The van der Waals surface area contributed by atoms with Gasteiger partial charge in [0, 0.05) is 0 Å². The van der Waals surface area contributed by atoms with Gasteiger partial charge in [0.15, 0.2) is 0 Å². The minimum atomic E-state index is -1.25. The maximum absolute atomic E-state index is 15.2. The molecular weight excluding hydrogens is 453 g/mol. The summed E-state index contributed by atoms with van der Waals surface area (Å²) >= 11 is 0. The molecule has 0 spiro atoms. The van der Waals surface area contributed by atoms with Gasteiger partial charge in [-0.1, -0.05) is 0 Å². The second-order valence-electron chi connectivity index (χ2n) is 8.63. The Morgan fingerprint density at radius 2 is 2.03 bits per heavy atom. The number of nitrogens with two attached hydrogens (primary N) is 1. The van der Waals surface area contributed by atoms with Gasteiger partial charge in [0.05, 0.1) is 0 Å². The number of benzene rings is 1. The molecule has 8 nitrogen and oxygen atoms in total. The van der Waals surface area contributed by atoms with Crippen LogP contribution < -0.4 is 16.4 Å². The summed E-state index contributed by atoms with van der Waals surface area (Å²) in [6.45, 7) is 5.30. The molecule has 188 valence electrons. The second kappa shape index (κ2) is 13.0. The first-order valence-corrected chi connectivity index (χ1v) is 11.5. The van der Waals surface area contributed by atoms with E-state index in [2.05, 4.69) is 32.4 Å². The predicted octanol–water partition coefficient (Wildman–Crippen LogP) is 3.32. The van der Waals surface area contributed by atoms with Crippen molar-refractivity contribution in [2.24, 2.45) is 10.7 Å². The third-order valence-corrected chi connectivity index (χ3v) is 5.99. The molecule has 2 atom stereocenters. The Morgan fingerprint density at radius 3 is 2.63 bits per heavy atom. The molecule has 11 heteroatoms. The average molecular weight is 486 g/mol. The topological polar surface area (TPSA) is 113 Å². The van der Waals surface area contributed by atoms with Gasteiger partial charge in [-0.3, -0.25) is 0 Å². The van der Waals surface area contributed by atoms with Crippen molar-refractivity contribution in [2.75, 3.05) is 32.5 Å². The monoisotopic (exact) mass is 486 g/mol. The van der Waals surface area contributed by atoms with Gasteiger partial charge in [0.25, 0.3) is 0 Å². The van der Waals surface area contributed by atoms with Crippen molar-refractivity contribution in [1.82, 2.24) is 15.2 Å². The molecule has 1 amide bonds. The number of amides is 1. The van der Waals surface area contributed by atoms with Crippen LogP contribution in [0.2, 0.25) is 5.82 Å². The number of pyridine rings is 1. The number of guanidine groups is 1. The van der Waals surface area contributed by atoms with E-state index in [1.165, 1.54) is 31.3 Å². The van der Waals surface area contributed by atoms with E-state index in [0.717, 1.165) is 38.8 Å². The summed E-state index contributed by atoms with van der Waals surface area (Å²) in [5.74, 6) is -2.35. The third-order valence-electron chi connectivity index (χ3n) is 5.99. The number of nitrogens with one attached hydrogen (secondary N) is 2. The Hall–Kier alpha value is -3.21. The Morgan fingerprint density at radius 1 is 1.29 bits per heavy atom. The van der Waals surface area contributed by atoms with Crippen LogP contribution in [0.25, 0.3) is 0 Å². The quantitative estimate of drug-likeness (QED) is 0.241. The van der Waals surface area contributed by atoms with Crippen LogP contribution in [0.4, 0.5) is 14.5 Å². The molecule has 1 heterocycles. The van der Waals surface area contributed by atoms with Crippen LogP contribution in [-0.2, 0) is 10.2 Å². The zero-order valence-corrected chi connectivity index (χ0v) is 20.6. The number of aliphatic imine (C=N–C) groups is 1. The fourth-order valence-corrected chi connectivity index (χ4v) is 3.78. The summed E-state index contributed by atoms with van der Waals surface area (Å²) in [6, 6.07) is 6.42. The fraction of sp³-hybridized carbons (Fsp3) is 0.458. The molecular formula is C24H33BF2N6O2. The van der Waals surface area contributed by atoms with E-state index in [0.29, 0.717) is 13.0 Å². The first kappa shape index (κ1) is 28.0. The van der Waals surface area contributed by atoms with E-state index < -0.39 is 28.9 Å². The Bertz CT molecular complexity index is 1040. The Labute approximate surface area is 205 Å². The number of hydrogen-bond donors (Lipinski definition) is 3. The fourth-order valence-electron chi connectivity index (χ4n) is 3.78.